The summed E-state index contributed by atoms with van der Waals surface area (Å²) in [7, 11) is 0. The van der Waals surface area contributed by atoms with Crippen LogP contribution in [0.2, 0.25) is 0 Å². The van der Waals surface area contributed by atoms with Crippen LogP contribution in [0.1, 0.15) is 27.7 Å². The fourth-order valence-electron chi connectivity index (χ4n) is 0.365. The molecule has 80 valence electrons. The molecule has 0 saturated carbocycles. The summed E-state index contributed by atoms with van der Waals surface area (Å²) >= 11 is 0. The van der Waals surface area contributed by atoms with Gasteiger partial charge in [0.05, 0.1) is 0 Å². The summed E-state index contributed by atoms with van der Waals surface area (Å²) in [6.07, 6.45) is 3.28. The zero-order valence-electron chi connectivity index (χ0n) is 9.59. The Balaban J connectivity index is 0. The Morgan fingerprint density at radius 2 is 1.57 bits per heavy atom. The van der Waals surface area contributed by atoms with Gasteiger partial charge in [-0.1, -0.05) is 31.9 Å². The van der Waals surface area contributed by atoms with E-state index in [0.29, 0.717) is 5.57 Å². The Bertz CT molecular complexity index is 213. The van der Waals surface area contributed by atoms with E-state index < -0.39 is 5.60 Å². The van der Waals surface area contributed by atoms with Gasteiger partial charge in [-0.2, -0.15) is 0 Å². The number of esters is 1. The zero-order chi connectivity index (χ0) is 11.8. The molecule has 0 aliphatic rings. The van der Waals surface area contributed by atoms with Crippen molar-refractivity contribution in [3.05, 3.63) is 37.5 Å². The minimum atomic E-state index is -0.407. The first-order valence-electron chi connectivity index (χ1n) is 4.37. The van der Waals surface area contributed by atoms with E-state index in [1.807, 2.05) is 20.8 Å². The molecular formula is C12H20O2. The molecule has 0 aromatic rings. The first-order chi connectivity index (χ1) is 6.24. The van der Waals surface area contributed by atoms with Crippen LogP contribution >= 0.6 is 0 Å². The average molecular weight is 196 g/mol. The maximum absolute atomic E-state index is 10.8. The SMILES string of the molecule is C=C(C)C(=O)OC(C)(C)C.C=CC=C. The smallest absolute Gasteiger partial charge is 0.333 e. The standard InChI is InChI=1S/C8H14O2.C4H6/c1-6(2)7(9)10-8(3,4)5;1-3-4-2/h1H2,2-5H3;3-4H,1-2H2. The Labute approximate surface area is 87.0 Å². The summed E-state index contributed by atoms with van der Waals surface area (Å²) in [5, 5.41) is 0. The van der Waals surface area contributed by atoms with E-state index in [4.69, 9.17) is 4.74 Å². The van der Waals surface area contributed by atoms with Crippen molar-refractivity contribution in [1.82, 2.24) is 0 Å². The van der Waals surface area contributed by atoms with Crippen LogP contribution in [0.3, 0.4) is 0 Å². The van der Waals surface area contributed by atoms with Gasteiger partial charge in [-0.25, -0.2) is 4.79 Å². The quantitative estimate of drug-likeness (QED) is 0.385. The highest BCUT2D eigenvalue weighted by molar-refractivity contribution is 5.87. The predicted octanol–water partition coefficient (Wildman–Crippen LogP) is 3.26. The molecule has 2 nitrogen and oxygen atoms in total. The lowest BCUT2D eigenvalue weighted by molar-refractivity contribution is -0.149. The molecule has 0 spiro atoms. The lowest BCUT2D eigenvalue weighted by Crippen LogP contribution is -2.23. The van der Waals surface area contributed by atoms with Gasteiger partial charge in [0, 0.05) is 5.57 Å². The Morgan fingerprint density at radius 1 is 1.21 bits per heavy atom. The van der Waals surface area contributed by atoms with Crippen molar-refractivity contribution in [3.8, 4) is 0 Å². The molecule has 0 unspecified atom stereocenters. The van der Waals surface area contributed by atoms with Gasteiger partial charge in [0.25, 0.3) is 0 Å². The van der Waals surface area contributed by atoms with E-state index >= 15 is 0 Å². The second kappa shape index (κ2) is 7.13. The molecular weight excluding hydrogens is 176 g/mol. The molecule has 0 aliphatic heterocycles. The fourth-order valence-corrected chi connectivity index (χ4v) is 0.365. The van der Waals surface area contributed by atoms with Crippen LogP contribution in [0.25, 0.3) is 0 Å². The molecule has 0 aromatic carbocycles. The molecule has 2 heteroatoms. The van der Waals surface area contributed by atoms with Crippen molar-refractivity contribution in [2.75, 3.05) is 0 Å². The van der Waals surface area contributed by atoms with Crippen LogP contribution in [0.4, 0.5) is 0 Å². The maximum Gasteiger partial charge on any atom is 0.333 e. The normalized spacial score (nSPS) is 9.14. The van der Waals surface area contributed by atoms with E-state index in [-0.39, 0.29) is 5.97 Å². The van der Waals surface area contributed by atoms with Crippen LogP contribution in [-0.4, -0.2) is 11.6 Å². The lowest BCUT2D eigenvalue weighted by atomic mass is 10.2. The largest absolute Gasteiger partial charge is 0.457 e. The minimum absolute atomic E-state index is 0.326. The third-order valence-corrected chi connectivity index (χ3v) is 0.914. The van der Waals surface area contributed by atoms with Gasteiger partial charge < -0.3 is 4.74 Å². The Hall–Kier alpha value is -1.31. The van der Waals surface area contributed by atoms with Crippen molar-refractivity contribution >= 4 is 5.97 Å². The summed E-state index contributed by atoms with van der Waals surface area (Å²) < 4.78 is 4.96. The first kappa shape index (κ1) is 15.2. The number of hydrogen-bond donors (Lipinski definition) is 0. The van der Waals surface area contributed by atoms with Crippen LogP contribution in [0.15, 0.2) is 37.5 Å². The highest BCUT2D eigenvalue weighted by atomic mass is 16.6. The molecule has 0 rings (SSSR count). The third-order valence-electron chi connectivity index (χ3n) is 0.914. The number of ether oxygens (including phenoxy) is 1. The number of carbonyl (C=O) groups is 1. The topological polar surface area (TPSA) is 26.3 Å². The summed E-state index contributed by atoms with van der Waals surface area (Å²) in [5.41, 5.74) is 0.0330. The van der Waals surface area contributed by atoms with E-state index in [1.165, 1.54) is 0 Å². The molecule has 0 bridgehead atoms. The van der Waals surface area contributed by atoms with Crippen LogP contribution in [0, 0.1) is 0 Å². The van der Waals surface area contributed by atoms with Crippen molar-refractivity contribution in [2.45, 2.75) is 33.3 Å². The number of allylic oxidation sites excluding steroid dienone is 2. The summed E-state index contributed by atoms with van der Waals surface area (Å²) in [6, 6.07) is 0. The number of rotatable bonds is 2. The highest BCUT2D eigenvalue weighted by Gasteiger charge is 2.15. The monoisotopic (exact) mass is 196 g/mol. The first-order valence-corrected chi connectivity index (χ1v) is 4.37. The zero-order valence-corrected chi connectivity index (χ0v) is 9.59. The maximum atomic E-state index is 10.8. The molecule has 14 heavy (non-hydrogen) atoms. The van der Waals surface area contributed by atoms with Crippen molar-refractivity contribution in [1.29, 1.82) is 0 Å². The van der Waals surface area contributed by atoms with E-state index in [0.717, 1.165) is 0 Å². The fraction of sp³-hybridized carbons (Fsp3) is 0.417. The molecule has 0 heterocycles. The second-order valence-electron chi connectivity index (χ2n) is 3.75. The van der Waals surface area contributed by atoms with Gasteiger partial charge >= 0.3 is 5.97 Å². The molecule has 0 atom stereocenters. The van der Waals surface area contributed by atoms with Gasteiger partial charge in [-0.15, -0.1) is 0 Å². The molecule has 0 fully saturated rings. The van der Waals surface area contributed by atoms with Crippen molar-refractivity contribution in [2.24, 2.45) is 0 Å². The van der Waals surface area contributed by atoms with E-state index in [1.54, 1.807) is 19.1 Å². The van der Waals surface area contributed by atoms with Crippen LogP contribution < -0.4 is 0 Å². The Kier molecular flexibility index (Phi) is 7.73. The van der Waals surface area contributed by atoms with Gasteiger partial charge in [-0.05, 0) is 27.7 Å². The van der Waals surface area contributed by atoms with Gasteiger partial charge in [0.2, 0.25) is 0 Å². The van der Waals surface area contributed by atoms with Crippen molar-refractivity contribution < 1.29 is 9.53 Å². The molecule has 0 saturated heterocycles. The number of carbonyl (C=O) groups excluding carboxylic acids is 1. The molecule has 0 aliphatic carbocycles. The Morgan fingerprint density at radius 3 is 1.64 bits per heavy atom. The summed E-state index contributed by atoms with van der Waals surface area (Å²) in [4.78, 5) is 10.8. The van der Waals surface area contributed by atoms with Gasteiger partial charge in [0.15, 0.2) is 0 Å². The lowest BCUT2D eigenvalue weighted by Gasteiger charge is -2.19. The van der Waals surface area contributed by atoms with Crippen molar-refractivity contribution in [3.63, 3.8) is 0 Å². The van der Waals surface area contributed by atoms with E-state index in [2.05, 4.69) is 19.7 Å². The second-order valence-corrected chi connectivity index (χ2v) is 3.75. The summed E-state index contributed by atoms with van der Waals surface area (Å²) in [6.45, 7) is 17.3. The molecule has 0 amide bonds. The highest BCUT2D eigenvalue weighted by Crippen LogP contribution is 2.09. The van der Waals surface area contributed by atoms with E-state index in [9.17, 15) is 4.79 Å². The number of hydrogen-bond acceptors (Lipinski definition) is 2. The van der Waals surface area contributed by atoms with Crippen LogP contribution in [0.5, 0.6) is 0 Å². The average Bonchev–Trinajstić information content (AvgIpc) is 2.02. The molecule has 0 radical (unpaired) electrons. The van der Waals surface area contributed by atoms with Gasteiger partial charge in [0.1, 0.15) is 5.60 Å². The summed E-state index contributed by atoms with van der Waals surface area (Å²) in [5.74, 6) is -0.326. The molecule has 0 aromatic heterocycles. The third kappa shape index (κ3) is 13.3. The minimum Gasteiger partial charge on any atom is -0.457 e. The van der Waals surface area contributed by atoms with Crippen LogP contribution in [-0.2, 0) is 9.53 Å². The molecule has 0 N–H and O–H groups in total. The van der Waals surface area contributed by atoms with Gasteiger partial charge in [-0.3, -0.25) is 0 Å². The predicted molar refractivity (Wildman–Crippen MR) is 61.1 cm³/mol.